The third-order valence-corrected chi connectivity index (χ3v) is 3.36. The molecule has 0 spiro atoms. The van der Waals surface area contributed by atoms with Crippen molar-refractivity contribution in [3.05, 3.63) is 65.2 Å². The van der Waals surface area contributed by atoms with Crippen LogP contribution in [0.3, 0.4) is 0 Å². The monoisotopic (exact) mass is 280 g/mol. The van der Waals surface area contributed by atoms with E-state index in [1.165, 1.54) is 11.1 Å². The highest BCUT2D eigenvalue weighted by atomic mass is 16.5. The fraction of sp³-hybridized carbons (Fsp3) is 0.278. The summed E-state index contributed by atoms with van der Waals surface area (Å²) in [7, 11) is 0. The number of hydrogen-bond acceptors (Lipinski definition) is 3. The lowest BCUT2D eigenvalue weighted by atomic mass is 10.1. The number of hydrogen-bond donors (Lipinski definition) is 1. The Morgan fingerprint density at radius 1 is 1.14 bits per heavy atom. The van der Waals surface area contributed by atoms with E-state index in [2.05, 4.69) is 42.6 Å². The van der Waals surface area contributed by atoms with Gasteiger partial charge in [-0.25, -0.2) is 0 Å². The van der Waals surface area contributed by atoms with Crippen LogP contribution in [-0.4, -0.2) is 13.2 Å². The summed E-state index contributed by atoms with van der Waals surface area (Å²) >= 11 is 0. The first-order valence-corrected chi connectivity index (χ1v) is 7.13. The van der Waals surface area contributed by atoms with Crippen molar-refractivity contribution in [2.24, 2.45) is 0 Å². The van der Waals surface area contributed by atoms with E-state index in [1.807, 2.05) is 24.3 Å². The molecule has 0 radical (unpaired) electrons. The van der Waals surface area contributed by atoms with E-state index < -0.39 is 0 Å². The molecule has 0 aliphatic rings. The number of aryl methyl sites for hydroxylation is 1. The number of nitrogens with zero attached hydrogens (tertiary/aromatic N) is 1. The lowest BCUT2D eigenvalue weighted by Crippen LogP contribution is -2.17. The molecule has 3 nitrogen and oxygen atoms in total. The minimum atomic E-state index is 0.0875. The third-order valence-electron chi connectivity index (χ3n) is 3.36. The maximum absolute atomic E-state index is 8.51. The lowest BCUT2D eigenvalue weighted by molar-refractivity contribution is 0.367. The van der Waals surface area contributed by atoms with Crippen LogP contribution in [0.4, 0.5) is 0 Å². The summed E-state index contributed by atoms with van der Waals surface area (Å²) in [6, 6.07) is 18.3. The van der Waals surface area contributed by atoms with Crippen LogP contribution in [0, 0.1) is 18.3 Å². The Morgan fingerprint density at radius 2 is 2.00 bits per heavy atom. The molecule has 0 bridgehead atoms. The number of ether oxygens (including phenoxy) is 1. The largest absolute Gasteiger partial charge is 0.479 e. The van der Waals surface area contributed by atoms with Crippen LogP contribution < -0.4 is 10.1 Å². The van der Waals surface area contributed by atoms with E-state index >= 15 is 0 Å². The van der Waals surface area contributed by atoms with Gasteiger partial charge in [0.25, 0.3) is 0 Å². The normalized spacial score (nSPS) is 10.1. The average Bonchev–Trinajstić information content (AvgIpc) is 2.51. The summed E-state index contributed by atoms with van der Waals surface area (Å²) in [6.45, 7) is 3.97. The molecule has 21 heavy (non-hydrogen) atoms. The molecule has 0 fully saturated rings. The summed E-state index contributed by atoms with van der Waals surface area (Å²) in [4.78, 5) is 0. The summed E-state index contributed by atoms with van der Waals surface area (Å²) in [5.74, 6) is 0.745. The molecule has 2 rings (SSSR count). The van der Waals surface area contributed by atoms with Crippen LogP contribution in [0.25, 0.3) is 0 Å². The van der Waals surface area contributed by atoms with Gasteiger partial charge in [0.15, 0.2) is 6.61 Å². The van der Waals surface area contributed by atoms with Crippen LogP contribution in [0.15, 0.2) is 48.5 Å². The van der Waals surface area contributed by atoms with Crippen molar-refractivity contribution in [3.63, 3.8) is 0 Å². The second-order valence-electron chi connectivity index (χ2n) is 4.95. The molecule has 108 valence electrons. The maximum atomic E-state index is 8.51. The van der Waals surface area contributed by atoms with Gasteiger partial charge in [0.1, 0.15) is 11.8 Å². The smallest absolute Gasteiger partial charge is 0.174 e. The first kappa shape index (κ1) is 15.1. The Morgan fingerprint density at radius 3 is 2.81 bits per heavy atom. The van der Waals surface area contributed by atoms with E-state index in [9.17, 15) is 0 Å². The third kappa shape index (κ3) is 4.94. The predicted octanol–water partition coefficient (Wildman–Crippen LogP) is 3.23. The molecule has 2 aromatic carbocycles. The highest BCUT2D eigenvalue weighted by molar-refractivity contribution is 5.29. The molecule has 0 heterocycles. The van der Waals surface area contributed by atoms with Crippen molar-refractivity contribution in [1.82, 2.24) is 5.32 Å². The van der Waals surface area contributed by atoms with Gasteiger partial charge in [0, 0.05) is 6.54 Å². The number of benzene rings is 2. The first-order chi connectivity index (χ1) is 10.3. The van der Waals surface area contributed by atoms with E-state index in [-0.39, 0.29) is 6.61 Å². The maximum Gasteiger partial charge on any atom is 0.174 e. The molecular weight excluding hydrogens is 260 g/mol. The molecule has 0 aromatic heterocycles. The number of nitrogens with one attached hydrogen (secondary N) is 1. The Hall–Kier alpha value is -2.31. The van der Waals surface area contributed by atoms with Gasteiger partial charge in [0.05, 0.1) is 0 Å². The zero-order chi connectivity index (χ0) is 14.9. The molecule has 0 saturated carbocycles. The number of rotatable bonds is 7. The van der Waals surface area contributed by atoms with Gasteiger partial charge in [-0.05, 0) is 48.7 Å². The van der Waals surface area contributed by atoms with Crippen LogP contribution in [-0.2, 0) is 13.0 Å². The van der Waals surface area contributed by atoms with Crippen molar-refractivity contribution >= 4 is 0 Å². The van der Waals surface area contributed by atoms with Gasteiger partial charge in [-0.1, -0.05) is 36.4 Å². The Kier molecular flexibility index (Phi) is 5.81. The minimum absolute atomic E-state index is 0.0875. The second-order valence-corrected chi connectivity index (χ2v) is 4.95. The molecule has 0 atom stereocenters. The SMILES string of the molecule is Cc1ccccc1CCNCc1cccc(OCC#N)c1. The highest BCUT2D eigenvalue weighted by Crippen LogP contribution is 2.13. The fourth-order valence-corrected chi connectivity index (χ4v) is 2.21. The average molecular weight is 280 g/mol. The molecule has 0 aliphatic carbocycles. The molecule has 0 unspecified atom stereocenters. The van der Waals surface area contributed by atoms with Gasteiger partial charge < -0.3 is 10.1 Å². The summed E-state index contributed by atoms with van der Waals surface area (Å²) in [5, 5.41) is 12.0. The van der Waals surface area contributed by atoms with Gasteiger partial charge in [0.2, 0.25) is 0 Å². The minimum Gasteiger partial charge on any atom is -0.479 e. The van der Waals surface area contributed by atoms with Crippen LogP contribution >= 0.6 is 0 Å². The van der Waals surface area contributed by atoms with Gasteiger partial charge in [-0.3, -0.25) is 0 Å². The van der Waals surface area contributed by atoms with Crippen LogP contribution in [0.5, 0.6) is 5.75 Å². The molecular formula is C18H20N2O. The quantitative estimate of drug-likeness (QED) is 0.792. The molecule has 1 N–H and O–H groups in total. The predicted molar refractivity (Wildman–Crippen MR) is 84.1 cm³/mol. The topological polar surface area (TPSA) is 45.0 Å². The zero-order valence-electron chi connectivity index (χ0n) is 12.3. The Bertz CT molecular complexity index is 617. The molecule has 0 saturated heterocycles. The van der Waals surface area contributed by atoms with E-state index in [0.29, 0.717) is 0 Å². The molecule has 3 heteroatoms. The Balaban J connectivity index is 1.78. The molecule has 2 aromatic rings. The van der Waals surface area contributed by atoms with Gasteiger partial charge in [-0.2, -0.15) is 5.26 Å². The molecule has 0 amide bonds. The standard InChI is InChI=1S/C18H20N2O/c1-15-5-2-3-7-17(15)9-11-20-14-16-6-4-8-18(13-16)21-12-10-19/h2-8,13,20H,9,11-12,14H2,1H3. The van der Waals surface area contributed by atoms with Crippen molar-refractivity contribution in [2.75, 3.05) is 13.2 Å². The first-order valence-electron chi connectivity index (χ1n) is 7.13. The highest BCUT2D eigenvalue weighted by Gasteiger charge is 1.99. The summed E-state index contributed by atoms with van der Waals surface area (Å²) in [5.41, 5.74) is 3.89. The molecule has 0 aliphatic heterocycles. The summed E-state index contributed by atoms with van der Waals surface area (Å²) < 4.78 is 5.30. The van der Waals surface area contributed by atoms with Crippen molar-refractivity contribution in [1.29, 1.82) is 5.26 Å². The van der Waals surface area contributed by atoms with Crippen LogP contribution in [0.1, 0.15) is 16.7 Å². The van der Waals surface area contributed by atoms with Gasteiger partial charge in [-0.15, -0.1) is 0 Å². The number of nitriles is 1. The van der Waals surface area contributed by atoms with E-state index in [4.69, 9.17) is 10.00 Å². The van der Waals surface area contributed by atoms with E-state index in [0.717, 1.165) is 30.8 Å². The lowest BCUT2D eigenvalue weighted by Gasteiger charge is -2.08. The van der Waals surface area contributed by atoms with Gasteiger partial charge >= 0.3 is 0 Å². The van der Waals surface area contributed by atoms with Crippen LogP contribution in [0.2, 0.25) is 0 Å². The Labute approximate surface area is 126 Å². The van der Waals surface area contributed by atoms with Crippen molar-refractivity contribution < 1.29 is 4.74 Å². The van der Waals surface area contributed by atoms with Crippen molar-refractivity contribution in [2.45, 2.75) is 19.9 Å². The van der Waals surface area contributed by atoms with Crippen molar-refractivity contribution in [3.8, 4) is 11.8 Å². The van der Waals surface area contributed by atoms with E-state index in [1.54, 1.807) is 0 Å². The summed E-state index contributed by atoms with van der Waals surface area (Å²) in [6.07, 6.45) is 1.03. The zero-order valence-corrected chi connectivity index (χ0v) is 12.3. The second kappa shape index (κ2) is 8.08. The fourth-order valence-electron chi connectivity index (χ4n) is 2.21.